The zero-order valence-corrected chi connectivity index (χ0v) is 28.7. The quantitative estimate of drug-likeness (QED) is 0.123. The van der Waals surface area contributed by atoms with E-state index in [1.165, 1.54) is 20.7 Å². The Balaban J connectivity index is 1.30. The van der Waals surface area contributed by atoms with Crippen LogP contribution >= 0.6 is 0 Å². The maximum atomic E-state index is 9.14. The Kier molecular flexibility index (Phi) is 5.94. The number of fused-ring (bicyclic) bond motifs is 6. The Labute approximate surface area is 303 Å². The number of nitrogens with zero attached hydrogens (tertiary/aromatic N) is 2. The fourth-order valence-electron chi connectivity index (χ4n) is 8.33. The molecule has 0 saturated carbocycles. The lowest BCUT2D eigenvalue weighted by Gasteiger charge is -2.34. The molecule has 0 unspecified atom stereocenters. The van der Waals surface area contributed by atoms with Gasteiger partial charge in [-0.25, -0.2) is 0 Å². The van der Waals surface area contributed by atoms with Crippen molar-refractivity contribution < 1.29 is 5.48 Å². The van der Waals surface area contributed by atoms with Crippen LogP contribution in [-0.2, 0) is 0 Å². The molecule has 8 aromatic carbocycles. The van der Waals surface area contributed by atoms with E-state index in [-0.39, 0.29) is 24.2 Å². The van der Waals surface area contributed by atoms with Gasteiger partial charge >= 0.3 is 0 Å². The van der Waals surface area contributed by atoms with Gasteiger partial charge in [-0.2, -0.15) is 0 Å². The number of hydrogen-bond acceptors (Lipinski definition) is 0. The Bertz CT molecular complexity index is 2990. The highest BCUT2D eigenvalue weighted by Gasteiger charge is 2.41. The van der Waals surface area contributed by atoms with E-state index in [1.807, 2.05) is 28.8 Å². The average molecular weight is 671 g/mol. The number of para-hydroxylation sites is 3. The van der Waals surface area contributed by atoms with Gasteiger partial charge in [-0.3, -0.25) is 0 Å². The molecule has 0 fully saturated rings. The monoisotopic (exact) mass is 670 g/mol. The summed E-state index contributed by atoms with van der Waals surface area (Å²) in [5.74, 6) is 0. The normalized spacial score (nSPS) is 13.0. The van der Waals surface area contributed by atoms with E-state index in [2.05, 4.69) is 162 Å². The lowest BCUT2D eigenvalue weighted by atomic mass is 10.1. The van der Waals surface area contributed by atoms with Crippen LogP contribution in [0.3, 0.4) is 0 Å². The summed E-state index contributed by atoms with van der Waals surface area (Å²) in [6.45, 7) is 0. The molecule has 0 N–H and O–H groups in total. The van der Waals surface area contributed by atoms with Crippen molar-refractivity contribution in [3.63, 3.8) is 0 Å². The topological polar surface area (TPSA) is 9.86 Å². The van der Waals surface area contributed by atoms with Crippen LogP contribution in [0, 0.1) is 0 Å². The summed E-state index contributed by atoms with van der Waals surface area (Å²) < 4.78 is 39.6. The van der Waals surface area contributed by atoms with Crippen molar-refractivity contribution >= 4 is 72.4 Å². The predicted molar refractivity (Wildman–Crippen MR) is 219 cm³/mol. The Morgan fingerprint density at radius 2 is 0.882 bits per heavy atom. The van der Waals surface area contributed by atoms with E-state index in [4.69, 9.17) is 5.48 Å². The first kappa shape index (κ1) is 25.5. The van der Waals surface area contributed by atoms with Gasteiger partial charge in [0.2, 0.25) is 0 Å². The first-order valence-corrected chi connectivity index (χ1v) is 19.3. The number of benzene rings is 8. The predicted octanol–water partition coefficient (Wildman–Crippen LogP) is 9.26. The van der Waals surface area contributed by atoms with Gasteiger partial charge in [-0.15, -0.1) is 0 Å². The SMILES string of the molecule is [2H]c1c([2H])c([2H])c2c(c1[2H])c1ccccc1n2-c1cccc2c1c1ccccc1n2-c1cccc([Si](c2ccccc2)(c2ccccc2)c2ccccc2)c1. The minimum atomic E-state index is -2.81. The average Bonchev–Trinajstić information content (AvgIpc) is 3.78. The largest absolute Gasteiger partial charge is 0.309 e. The summed E-state index contributed by atoms with van der Waals surface area (Å²) in [7, 11) is -2.81. The third-order valence-corrected chi connectivity index (χ3v) is 15.2. The summed E-state index contributed by atoms with van der Waals surface area (Å²) >= 11 is 0. The molecule has 0 radical (unpaired) electrons. The highest BCUT2D eigenvalue weighted by atomic mass is 28.3. The van der Waals surface area contributed by atoms with Crippen molar-refractivity contribution in [1.82, 2.24) is 9.13 Å². The smallest absolute Gasteiger partial charge is 0.179 e. The summed E-state index contributed by atoms with van der Waals surface area (Å²) in [5.41, 5.74) is 5.28. The third kappa shape index (κ3) is 4.42. The number of aromatic nitrogens is 2. The zero-order valence-electron chi connectivity index (χ0n) is 31.7. The molecule has 0 spiro atoms. The maximum Gasteiger partial charge on any atom is 0.179 e. The van der Waals surface area contributed by atoms with E-state index in [1.54, 1.807) is 0 Å². The Morgan fingerprint density at radius 3 is 1.55 bits per heavy atom. The molecule has 0 aliphatic rings. The second-order valence-electron chi connectivity index (χ2n) is 13.0. The summed E-state index contributed by atoms with van der Waals surface area (Å²) in [4.78, 5) is 0. The summed E-state index contributed by atoms with van der Waals surface area (Å²) in [6.07, 6.45) is 0. The fourth-order valence-corrected chi connectivity index (χ4v) is 13.1. The van der Waals surface area contributed by atoms with Gasteiger partial charge in [-0.1, -0.05) is 164 Å². The van der Waals surface area contributed by atoms with E-state index < -0.39 is 8.07 Å². The lowest BCUT2D eigenvalue weighted by Crippen LogP contribution is -2.74. The van der Waals surface area contributed by atoms with E-state index in [0.29, 0.717) is 10.9 Å². The van der Waals surface area contributed by atoms with Crippen molar-refractivity contribution in [3.05, 3.63) is 206 Å². The molecule has 0 atom stereocenters. The summed E-state index contributed by atoms with van der Waals surface area (Å²) in [6, 6.07) is 64.0. The van der Waals surface area contributed by atoms with Crippen molar-refractivity contribution in [3.8, 4) is 11.4 Å². The van der Waals surface area contributed by atoms with Crippen LogP contribution in [0.4, 0.5) is 0 Å². The molecule has 0 bridgehead atoms. The van der Waals surface area contributed by atoms with Crippen LogP contribution < -0.4 is 20.7 Å². The molecule has 3 heteroatoms. The minimum Gasteiger partial charge on any atom is -0.309 e. The molecule has 2 aromatic heterocycles. The molecule has 0 amide bonds. The highest BCUT2D eigenvalue weighted by molar-refractivity contribution is 7.19. The van der Waals surface area contributed by atoms with Gasteiger partial charge in [0, 0.05) is 27.2 Å². The molecule has 2 heterocycles. The van der Waals surface area contributed by atoms with Crippen molar-refractivity contribution in [1.29, 1.82) is 0 Å². The summed E-state index contributed by atoms with van der Waals surface area (Å²) in [5, 5.41) is 8.59. The van der Waals surface area contributed by atoms with Gasteiger partial charge in [-0.05, 0) is 63.2 Å². The van der Waals surface area contributed by atoms with Crippen LogP contribution in [0.25, 0.3) is 55.0 Å². The molecular weight excluding hydrogens is 633 g/mol. The van der Waals surface area contributed by atoms with Crippen LogP contribution in [0.2, 0.25) is 0 Å². The first-order chi connectivity index (χ1) is 27.0. The fraction of sp³-hybridized carbons (Fsp3) is 0. The van der Waals surface area contributed by atoms with Gasteiger partial charge in [0.05, 0.1) is 33.2 Å². The zero-order chi connectivity index (χ0) is 37.3. The van der Waals surface area contributed by atoms with Crippen LogP contribution in [-0.4, -0.2) is 17.2 Å². The van der Waals surface area contributed by atoms with Crippen molar-refractivity contribution in [2.75, 3.05) is 0 Å². The highest BCUT2D eigenvalue weighted by Crippen LogP contribution is 2.39. The molecule has 10 rings (SSSR count). The van der Waals surface area contributed by atoms with E-state index in [0.717, 1.165) is 44.1 Å². The van der Waals surface area contributed by atoms with Gasteiger partial charge < -0.3 is 9.13 Å². The third-order valence-electron chi connectivity index (χ3n) is 10.4. The Morgan fingerprint density at radius 1 is 0.373 bits per heavy atom. The molecule has 0 saturated heterocycles. The minimum absolute atomic E-state index is 0.0275. The van der Waals surface area contributed by atoms with Gasteiger partial charge in [0.25, 0.3) is 0 Å². The molecule has 2 nitrogen and oxygen atoms in total. The van der Waals surface area contributed by atoms with Gasteiger partial charge in [0.1, 0.15) is 0 Å². The van der Waals surface area contributed by atoms with Crippen molar-refractivity contribution in [2.45, 2.75) is 0 Å². The molecule has 0 aliphatic carbocycles. The molecule has 51 heavy (non-hydrogen) atoms. The van der Waals surface area contributed by atoms with Crippen LogP contribution in [0.15, 0.2) is 206 Å². The van der Waals surface area contributed by atoms with Crippen molar-refractivity contribution in [2.24, 2.45) is 0 Å². The lowest BCUT2D eigenvalue weighted by molar-refractivity contribution is 1.17. The first-order valence-electron chi connectivity index (χ1n) is 19.3. The second kappa shape index (κ2) is 11.9. The molecule has 10 aromatic rings. The number of rotatable bonds is 6. The molecular formula is C48H34N2Si. The van der Waals surface area contributed by atoms with Crippen LogP contribution in [0.1, 0.15) is 5.48 Å². The van der Waals surface area contributed by atoms with E-state index >= 15 is 0 Å². The van der Waals surface area contributed by atoms with E-state index in [9.17, 15) is 0 Å². The second-order valence-corrected chi connectivity index (χ2v) is 16.8. The Hall–Kier alpha value is -6.42. The molecule has 0 aliphatic heterocycles. The molecule has 240 valence electrons. The number of hydrogen-bond donors (Lipinski definition) is 0. The standard InChI is InChI=1S/C48H34N2Si/c1-4-19-36(20-5-1)51(37-21-6-2-7-22-37,38-23-8-3-9-24-38)39-25-16-18-35(34-39)49-45-31-15-12-28-42(45)48-46(49)32-17-33-47(48)50-43-29-13-10-26-40(43)41-27-11-14-30-44(41)50/h1-34H/i10D,13D,26D,29D. The maximum absolute atomic E-state index is 9.14. The van der Waals surface area contributed by atoms with Crippen LogP contribution in [0.5, 0.6) is 0 Å². The van der Waals surface area contributed by atoms with Gasteiger partial charge in [0.15, 0.2) is 8.07 Å².